The van der Waals surface area contributed by atoms with Crippen LogP contribution in [0, 0.1) is 11.6 Å². The maximum Gasteiger partial charge on any atom is 0.280 e. The van der Waals surface area contributed by atoms with Crippen LogP contribution in [0.1, 0.15) is 24.7 Å². The summed E-state index contributed by atoms with van der Waals surface area (Å²) in [7, 11) is 1.36. The highest BCUT2D eigenvalue weighted by Gasteiger charge is 2.17. The van der Waals surface area contributed by atoms with E-state index in [0.29, 0.717) is 17.8 Å². The highest BCUT2D eigenvalue weighted by atomic mass is 35.7. The Bertz CT molecular complexity index is 760. The molecule has 0 saturated carbocycles. The van der Waals surface area contributed by atoms with Gasteiger partial charge in [-0.25, -0.2) is 22.2 Å². The van der Waals surface area contributed by atoms with Crippen molar-refractivity contribution in [1.29, 1.82) is 0 Å². The van der Waals surface area contributed by atoms with Crippen molar-refractivity contribution >= 4 is 19.7 Å². The van der Waals surface area contributed by atoms with Gasteiger partial charge in [0.15, 0.2) is 16.7 Å². The average molecular weight is 335 g/mol. The van der Waals surface area contributed by atoms with Crippen molar-refractivity contribution in [2.75, 3.05) is 0 Å². The zero-order valence-corrected chi connectivity index (χ0v) is 12.8. The molecule has 0 radical (unpaired) electrons. The molecular weight excluding hydrogens is 322 g/mol. The van der Waals surface area contributed by atoms with Crippen molar-refractivity contribution in [3.05, 3.63) is 47.4 Å². The molecule has 4 nitrogen and oxygen atoms in total. The van der Waals surface area contributed by atoms with Gasteiger partial charge in [0.25, 0.3) is 9.05 Å². The van der Waals surface area contributed by atoms with Gasteiger partial charge in [0.2, 0.25) is 0 Å². The summed E-state index contributed by atoms with van der Waals surface area (Å²) in [5.74, 6) is -1.35. The molecule has 0 N–H and O–H groups in total. The van der Waals surface area contributed by atoms with Crippen molar-refractivity contribution in [3.63, 3.8) is 0 Å². The first-order valence-corrected chi connectivity index (χ1v) is 8.57. The third kappa shape index (κ3) is 3.79. The minimum absolute atomic E-state index is 0.186. The third-order valence-electron chi connectivity index (χ3n) is 2.90. The van der Waals surface area contributed by atoms with Gasteiger partial charge >= 0.3 is 0 Å². The number of aromatic nitrogens is 2. The van der Waals surface area contributed by atoms with Crippen molar-refractivity contribution < 1.29 is 17.2 Å². The summed E-state index contributed by atoms with van der Waals surface area (Å²) < 4.78 is 50.4. The predicted octanol–water partition coefficient (Wildman–Crippen LogP) is 3.09. The number of benzene rings is 1. The van der Waals surface area contributed by atoms with Gasteiger partial charge in [-0.15, -0.1) is 0 Å². The zero-order chi connectivity index (χ0) is 15.6. The molecule has 21 heavy (non-hydrogen) atoms. The minimum Gasteiger partial charge on any atom is -0.329 e. The number of aryl methyl sites for hydroxylation is 1. The summed E-state index contributed by atoms with van der Waals surface area (Å²) in [4.78, 5) is 3.98. The molecule has 8 heteroatoms. The lowest BCUT2D eigenvalue weighted by molar-refractivity contribution is 0.506. The Morgan fingerprint density at radius 2 is 2.00 bits per heavy atom. The summed E-state index contributed by atoms with van der Waals surface area (Å²) in [5, 5.41) is -0.241. The first-order valence-electron chi connectivity index (χ1n) is 6.26. The van der Waals surface area contributed by atoms with Crippen LogP contribution in [-0.2, 0) is 22.0 Å². The minimum atomic E-state index is -3.92. The van der Waals surface area contributed by atoms with Gasteiger partial charge in [0, 0.05) is 29.8 Å². The maximum absolute atomic E-state index is 13.2. The van der Waals surface area contributed by atoms with E-state index in [4.69, 9.17) is 10.7 Å². The number of nitrogens with zero attached hydrogens (tertiary/aromatic N) is 2. The molecule has 0 atom stereocenters. The Labute approximate surface area is 125 Å². The maximum atomic E-state index is 13.2. The van der Waals surface area contributed by atoms with E-state index in [2.05, 4.69) is 4.98 Å². The fraction of sp³-hybridized carbons (Fsp3) is 0.308. The smallest absolute Gasteiger partial charge is 0.280 e. The number of hydrogen-bond donors (Lipinski definition) is 0. The average Bonchev–Trinajstić information content (AvgIpc) is 2.78. The highest BCUT2D eigenvalue weighted by molar-refractivity contribution is 8.13. The Balaban J connectivity index is 2.37. The molecule has 0 fully saturated rings. The third-order valence-corrected chi connectivity index (χ3v) is 4.07. The molecule has 0 aliphatic carbocycles. The number of hydrogen-bond acceptors (Lipinski definition) is 3. The topological polar surface area (TPSA) is 52.0 Å². The molecule has 0 aliphatic heterocycles. The second-order valence-corrected chi connectivity index (χ2v) is 7.07. The molecule has 0 spiro atoms. The van der Waals surface area contributed by atoms with Gasteiger partial charge in [0.1, 0.15) is 5.82 Å². The van der Waals surface area contributed by atoms with Gasteiger partial charge in [-0.1, -0.05) is 13.0 Å². The molecule has 0 unspecified atom stereocenters. The quantitative estimate of drug-likeness (QED) is 0.789. The first kappa shape index (κ1) is 15.9. The van der Waals surface area contributed by atoms with Crippen molar-refractivity contribution in [1.82, 2.24) is 9.55 Å². The van der Waals surface area contributed by atoms with Crippen molar-refractivity contribution in [2.45, 2.75) is 31.3 Å². The molecule has 1 aromatic carbocycles. The largest absolute Gasteiger partial charge is 0.329 e. The molecule has 0 saturated heterocycles. The lowest BCUT2D eigenvalue weighted by Crippen LogP contribution is -2.04. The van der Waals surface area contributed by atoms with Gasteiger partial charge in [0.05, 0.1) is 0 Å². The highest BCUT2D eigenvalue weighted by Crippen LogP contribution is 2.18. The Morgan fingerprint density at radius 1 is 1.29 bits per heavy atom. The van der Waals surface area contributed by atoms with Crippen molar-refractivity contribution in [2.24, 2.45) is 0 Å². The monoisotopic (exact) mass is 334 g/mol. The SMILES string of the molecule is CCCc1nc(S(=O)(=O)Cl)cn1Cc1ccc(F)c(F)c1. The lowest BCUT2D eigenvalue weighted by atomic mass is 10.2. The number of halogens is 3. The van der Waals surface area contributed by atoms with E-state index in [1.165, 1.54) is 12.3 Å². The molecule has 2 rings (SSSR count). The molecule has 1 aromatic heterocycles. The summed E-state index contributed by atoms with van der Waals surface area (Å²) in [6.45, 7) is 2.11. The van der Waals surface area contributed by atoms with E-state index < -0.39 is 20.7 Å². The summed E-state index contributed by atoms with van der Waals surface area (Å²) >= 11 is 0. The van der Waals surface area contributed by atoms with Gasteiger partial charge in [-0.05, 0) is 24.1 Å². The van der Waals surface area contributed by atoms with E-state index >= 15 is 0 Å². The molecule has 0 aliphatic rings. The second-order valence-electron chi connectivity index (χ2n) is 4.56. The first-order chi connectivity index (χ1) is 9.81. The summed E-state index contributed by atoms with van der Waals surface area (Å²) in [5.41, 5.74) is 0.502. The number of rotatable bonds is 5. The Kier molecular flexibility index (Phi) is 4.63. The molecule has 0 bridgehead atoms. The van der Waals surface area contributed by atoms with E-state index in [1.807, 2.05) is 6.92 Å². The Hall–Kier alpha value is -1.47. The molecule has 114 valence electrons. The normalized spacial score (nSPS) is 11.8. The van der Waals surface area contributed by atoms with Crippen LogP contribution in [0.25, 0.3) is 0 Å². The second kappa shape index (κ2) is 6.11. The predicted molar refractivity (Wildman–Crippen MR) is 74.7 cm³/mol. The van der Waals surface area contributed by atoms with Gasteiger partial charge < -0.3 is 4.57 Å². The van der Waals surface area contributed by atoms with Crippen LogP contribution in [0.2, 0.25) is 0 Å². The van der Waals surface area contributed by atoms with Crippen LogP contribution in [-0.4, -0.2) is 18.0 Å². The van der Waals surface area contributed by atoms with Crippen LogP contribution >= 0.6 is 10.7 Å². The lowest BCUT2D eigenvalue weighted by Gasteiger charge is -2.07. The van der Waals surface area contributed by atoms with E-state index in [9.17, 15) is 17.2 Å². The van der Waals surface area contributed by atoms with E-state index in [-0.39, 0.29) is 11.6 Å². The summed E-state index contributed by atoms with van der Waals surface area (Å²) in [6.07, 6.45) is 2.61. The van der Waals surface area contributed by atoms with Gasteiger partial charge in [-0.2, -0.15) is 0 Å². The number of imidazole rings is 1. The molecule has 0 amide bonds. The van der Waals surface area contributed by atoms with Crippen LogP contribution in [0.5, 0.6) is 0 Å². The fourth-order valence-electron chi connectivity index (χ4n) is 1.94. The van der Waals surface area contributed by atoms with Crippen molar-refractivity contribution in [3.8, 4) is 0 Å². The van der Waals surface area contributed by atoms with E-state index in [0.717, 1.165) is 18.6 Å². The van der Waals surface area contributed by atoms with E-state index in [1.54, 1.807) is 4.57 Å². The Morgan fingerprint density at radius 3 is 2.57 bits per heavy atom. The van der Waals surface area contributed by atoms with Crippen LogP contribution in [0.15, 0.2) is 29.4 Å². The molecule has 1 heterocycles. The zero-order valence-electron chi connectivity index (χ0n) is 11.2. The van der Waals surface area contributed by atoms with Crippen LogP contribution < -0.4 is 0 Å². The van der Waals surface area contributed by atoms with Crippen LogP contribution in [0.3, 0.4) is 0 Å². The molecular formula is C13H13ClF2N2O2S. The fourth-order valence-corrected chi connectivity index (χ4v) is 2.63. The molecule has 2 aromatic rings. The summed E-state index contributed by atoms with van der Waals surface area (Å²) in [6, 6.07) is 3.53. The van der Waals surface area contributed by atoms with Crippen LogP contribution in [0.4, 0.5) is 8.78 Å². The standard InChI is InChI=1S/C13H13ClF2N2O2S/c1-2-3-12-17-13(21(14,19)20)8-18(12)7-9-4-5-10(15)11(16)6-9/h4-6,8H,2-3,7H2,1H3. The van der Waals surface area contributed by atoms with Gasteiger partial charge in [-0.3, -0.25) is 0 Å².